The highest BCUT2D eigenvalue weighted by Gasteiger charge is 2.22. The molecule has 1 atom stereocenters. The van der Waals surface area contributed by atoms with Crippen molar-refractivity contribution in [2.45, 2.75) is 19.5 Å². The third-order valence-corrected chi connectivity index (χ3v) is 4.46. The lowest BCUT2D eigenvalue weighted by Gasteiger charge is -2.33. The number of rotatable bonds is 7. The number of nitrogens with one attached hydrogen (secondary N) is 1. The maximum absolute atomic E-state index is 13.9. The molecule has 156 valence electrons. The molecule has 0 spiro atoms. The predicted octanol–water partition coefficient (Wildman–Crippen LogP) is 3.09. The number of nitrogens with zero attached hydrogens (tertiary/aromatic N) is 1. The molecular formula is C21H25ClFN3O3. The van der Waals surface area contributed by atoms with E-state index >= 15 is 0 Å². The average Bonchev–Trinajstić information content (AvgIpc) is 2.82. The number of carbonyl (C=O) groups is 1. The van der Waals surface area contributed by atoms with Gasteiger partial charge in [0.1, 0.15) is 11.6 Å². The number of hydrogen-bond donors (Lipinski definition) is 2. The quantitative estimate of drug-likeness (QED) is 0.664. The predicted molar refractivity (Wildman–Crippen MR) is 111 cm³/mol. The van der Waals surface area contributed by atoms with Crippen LogP contribution in [-0.2, 0) is 11.2 Å². The molecule has 0 aliphatic carbocycles. The van der Waals surface area contributed by atoms with Gasteiger partial charge >= 0.3 is 0 Å². The van der Waals surface area contributed by atoms with Crippen LogP contribution >= 0.6 is 11.6 Å². The number of carbonyl (C=O) groups excluding carboxylic acids is 1. The SMILES string of the molecule is [2H]c1c([2H])c(C([2H])([2H])N2CCOC(CNC(=O)c3cc(Cl)c(N)cc3OCC)C2)c([2H])c([2H])c1F. The molecule has 2 aromatic rings. The Morgan fingerprint density at radius 3 is 2.97 bits per heavy atom. The first-order valence-corrected chi connectivity index (χ1v) is 9.40. The molecule has 1 fully saturated rings. The first-order valence-electron chi connectivity index (χ1n) is 12.0. The standard InChI is InChI=1S/C21H25ClFN3O3/c1-2-28-20-10-19(24)18(22)9-17(20)21(27)25-11-16-13-26(7-8-29-16)12-14-3-5-15(23)6-4-14/h3-6,9-10,16H,2,7-8,11-13,24H2,1H3,(H,25,27)/i3D,4D,5D,6D,12D2. The van der Waals surface area contributed by atoms with Crippen molar-refractivity contribution in [3.63, 3.8) is 0 Å². The minimum absolute atomic E-state index is 0.00273. The van der Waals surface area contributed by atoms with Crippen LogP contribution in [0.1, 0.15) is 31.1 Å². The second-order valence-corrected chi connectivity index (χ2v) is 6.66. The number of benzene rings is 2. The number of amides is 1. The summed E-state index contributed by atoms with van der Waals surface area (Å²) in [6.07, 6.45) is -0.655. The van der Waals surface area contributed by atoms with Crippen molar-refractivity contribution in [1.82, 2.24) is 10.2 Å². The molecule has 1 amide bonds. The molecule has 3 rings (SSSR count). The van der Waals surface area contributed by atoms with Gasteiger partial charge in [0, 0.05) is 34.9 Å². The molecule has 0 radical (unpaired) electrons. The maximum Gasteiger partial charge on any atom is 0.255 e. The molecule has 6 nitrogen and oxygen atoms in total. The van der Waals surface area contributed by atoms with E-state index in [9.17, 15) is 9.18 Å². The Labute approximate surface area is 183 Å². The van der Waals surface area contributed by atoms with E-state index in [0.717, 1.165) is 0 Å². The van der Waals surface area contributed by atoms with Gasteiger partial charge in [0.05, 0.1) is 41.1 Å². The van der Waals surface area contributed by atoms with Crippen LogP contribution in [0.5, 0.6) is 5.75 Å². The number of ether oxygens (including phenoxy) is 2. The summed E-state index contributed by atoms with van der Waals surface area (Å²) in [5.41, 5.74) is 5.66. The van der Waals surface area contributed by atoms with Crippen LogP contribution in [0.2, 0.25) is 5.02 Å². The van der Waals surface area contributed by atoms with E-state index in [2.05, 4.69) is 5.32 Å². The fourth-order valence-corrected chi connectivity index (χ4v) is 2.94. The summed E-state index contributed by atoms with van der Waals surface area (Å²) in [7, 11) is 0. The molecule has 0 saturated carbocycles. The summed E-state index contributed by atoms with van der Waals surface area (Å²) >= 11 is 6.05. The maximum atomic E-state index is 13.9. The van der Waals surface area contributed by atoms with E-state index in [1.807, 2.05) is 0 Å². The number of nitrogen functional groups attached to an aromatic ring is 1. The normalized spacial score (nSPS) is 20.6. The van der Waals surface area contributed by atoms with Crippen LogP contribution in [0.3, 0.4) is 0 Å². The molecule has 1 saturated heterocycles. The van der Waals surface area contributed by atoms with Crippen LogP contribution in [0.15, 0.2) is 36.3 Å². The lowest BCUT2D eigenvalue weighted by Crippen LogP contribution is -2.47. The van der Waals surface area contributed by atoms with Crippen LogP contribution < -0.4 is 15.8 Å². The molecule has 29 heavy (non-hydrogen) atoms. The minimum Gasteiger partial charge on any atom is -0.493 e. The lowest BCUT2D eigenvalue weighted by molar-refractivity contribution is -0.0292. The van der Waals surface area contributed by atoms with Crippen molar-refractivity contribution >= 4 is 23.2 Å². The zero-order chi connectivity index (χ0) is 26.1. The number of morpholine rings is 1. The Morgan fingerprint density at radius 2 is 2.24 bits per heavy atom. The Hall–Kier alpha value is -2.35. The average molecular weight is 428 g/mol. The Morgan fingerprint density at radius 1 is 1.48 bits per heavy atom. The molecule has 1 aliphatic rings. The van der Waals surface area contributed by atoms with Gasteiger partial charge in [-0.3, -0.25) is 9.69 Å². The van der Waals surface area contributed by atoms with Gasteiger partial charge in [-0.05, 0) is 30.6 Å². The van der Waals surface area contributed by atoms with Crippen molar-refractivity contribution in [2.24, 2.45) is 0 Å². The van der Waals surface area contributed by atoms with Crippen LogP contribution in [0.4, 0.5) is 10.1 Å². The van der Waals surface area contributed by atoms with Gasteiger partial charge in [0.2, 0.25) is 0 Å². The molecule has 1 heterocycles. The van der Waals surface area contributed by atoms with Crippen LogP contribution in [0, 0.1) is 5.82 Å². The highest BCUT2D eigenvalue weighted by molar-refractivity contribution is 6.33. The fourth-order valence-electron chi connectivity index (χ4n) is 2.78. The summed E-state index contributed by atoms with van der Waals surface area (Å²) in [5.74, 6) is -1.58. The van der Waals surface area contributed by atoms with Gasteiger partial charge in [0.15, 0.2) is 0 Å². The molecule has 2 aromatic carbocycles. The summed E-state index contributed by atoms with van der Waals surface area (Å²) in [6.45, 7) is -0.271. The number of anilines is 1. The zero-order valence-corrected chi connectivity index (χ0v) is 16.5. The van der Waals surface area contributed by atoms with Gasteiger partial charge < -0.3 is 20.5 Å². The zero-order valence-electron chi connectivity index (χ0n) is 21.8. The number of hydrogen-bond acceptors (Lipinski definition) is 5. The Balaban J connectivity index is 1.76. The van der Waals surface area contributed by atoms with E-state index < -0.39 is 54.1 Å². The third kappa shape index (κ3) is 5.82. The van der Waals surface area contributed by atoms with Crippen molar-refractivity contribution in [3.05, 3.63) is 58.3 Å². The van der Waals surface area contributed by atoms with Gasteiger partial charge in [-0.25, -0.2) is 4.39 Å². The highest BCUT2D eigenvalue weighted by atomic mass is 35.5. The molecule has 3 N–H and O–H groups in total. The molecule has 8 heteroatoms. The van der Waals surface area contributed by atoms with Crippen molar-refractivity contribution < 1.29 is 26.9 Å². The first kappa shape index (κ1) is 14.6. The molecule has 1 unspecified atom stereocenters. The van der Waals surface area contributed by atoms with Crippen LogP contribution in [-0.4, -0.2) is 49.8 Å². The van der Waals surface area contributed by atoms with Crippen molar-refractivity contribution in [3.8, 4) is 5.75 Å². The van der Waals surface area contributed by atoms with E-state index in [-0.39, 0.29) is 48.3 Å². The molecule has 0 bridgehead atoms. The van der Waals surface area contributed by atoms with Gasteiger partial charge in [0.25, 0.3) is 5.91 Å². The second kappa shape index (κ2) is 9.91. The van der Waals surface area contributed by atoms with E-state index in [4.69, 9.17) is 35.0 Å². The summed E-state index contributed by atoms with van der Waals surface area (Å²) in [5, 5.41) is 2.88. The molecular weight excluding hydrogens is 397 g/mol. The Kier molecular flexibility index (Phi) is 4.99. The van der Waals surface area contributed by atoms with Crippen LogP contribution in [0.25, 0.3) is 0 Å². The smallest absolute Gasteiger partial charge is 0.255 e. The van der Waals surface area contributed by atoms with Gasteiger partial charge in [-0.15, -0.1) is 0 Å². The monoisotopic (exact) mass is 427 g/mol. The van der Waals surface area contributed by atoms with Crippen molar-refractivity contribution in [2.75, 3.05) is 38.6 Å². The van der Waals surface area contributed by atoms with Crippen molar-refractivity contribution in [1.29, 1.82) is 0 Å². The lowest BCUT2D eigenvalue weighted by atomic mass is 10.1. The largest absolute Gasteiger partial charge is 0.493 e. The summed E-state index contributed by atoms with van der Waals surface area (Å²) < 4.78 is 73.5. The Bertz CT molecular complexity index is 1110. The minimum atomic E-state index is -2.45. The van der Waals surface area contributed by atoms with E-state index in [1.165, 1.54) is 17.0 Å². The van der Waals surface area contributed by atoms with Gasteiger partial charge in [-0.1, -0.05) is 23.7 Å². The molecule has 1 aliphatic heterocycles. The second-order valence-electron chi connectivity index (χ2n) is 6.25. The summed E-state index contributed by atoms with van der Waals surface area (Å²) in [6, 6.07) is -0.596. The first-order chi connectivity index (χ1) is 16.4. The third-order valence-electron chi connectivity index (χ3n) is 4.14. The number of halogens is 2. The highest BCUT2D eigenvalue weighted by Crippen LogP contribution is 2.29. The summed E-state index contributed by atoms with van der Waals surface area (Å²) in [4.78, 5) is 14.1. The van der Waals surface area contributed by atoms with E-state index in [1.54, 1.807) is 6.92 Å². The van der Waals surface area contributed by atoms with Gasteiger partial charge in [-0.2, -0.15) is 0 Å². The molecule has 0 aromatic heterocycles. The topological polar surface area (TPSA) is 76.8 Å². The van der Waals surface area contributed by atoms with E-state index in [0.29, 0.717) is 6.61 Å². The fraction of sp³-hybridized carbons (Fsp3) is 0.381. The number of nitrogens with two attached hydrogens (primary N) is 1.